The van der Waals surface area contributed by atoms with E-state index in [2.05, 4.69) is 9.97 Å². The third-order valence-electron chi connectivity index (χ3n) is 2.37. The second kappa shape index (κ2) is 10.0. The Hall–Kier alpha value is -2.94. The van der Waals surface area contributed by atoms with Gasteiger partial charge in [-0.15, -0.1) is 0 Å². The summed E-state index contributed by atoms with van der Waals surface area (Å²) in [5.74, 6) is -4.95. The van der Waals surface area contributed by atoms with Gasteiger partial charge in [0.1, 0.15) is 22.8 Å². The minimum absolute atomic E-state index is 0. The second-order valence-electron chi connectivity index (χ2n) is 4.04. The molecule has 2 aromatic heterocycles. The Morgan fingerprint density at radius 3 is 0.920 bits per heavy atom. The Balaban J connectivity index is 0.000000443. The average molecular weight is 425 g/mol. The molecule has 0 bridgehead atoms. The summed E-state index contributed by atoms with van der Waals surface area (Å²) >= 11 is 0. The molecule has 128 valence electrons. The van der Waals surface area contributed by atoms with Crippen molar-refractivity contribution in [2.45, 2.75) is 0 Å². The van der Waals surface area contributed by atoms with Crippen LogP contribution in [0.2, 0.25) is 0 Å². The molecule has 0 aromatic carbocycles. The molecule has 0 fully saturated rings. The van der Waals surface area contributed by atoms with E-state index in [-0.39, 0.29) is 49.0 Å². The van der Waals surface area contributed by atoms with Crippen molar-refractivity contribution in [1.82, 2.24) is 9.97 Å². The van der Waals surface area contributed by atoms with Gasteiger partial charge in [0.15, 0.2) is 0 Å². The van der Waals surface area contributed by atoms with Gasteiger partial charge in [0.2, 0.25) is 0 Å². The Bertz CT molecular complexity index is 683. The molecule has 11 heteroatoms. The van der Waals surface area contributed by atoms with Crippen molar-refractivity contribution in [1.29, 1.82) is 0 Å². The number of carbonyl (C=O) groups is 4. The van der Waals surface area contributed by atoms with E-state index in [4.69, 9.17) is 20.4 Å². The average Bonchev–Trinajstić information content (AvgIpc) is 2.55. The van der Waals surface area contributed by atoms with Crippen LogP contribution in [0.15, 0.2) is 36.4 Å². The maximum absolute atomic E-state index is 10.3. The quantitative estimate of drug-likeness (QED) is 0.552. The van der Waals surface area contributed by atoms with E-state index < -0.39 is 23.9 Å². The standard InChI is InChI=1S/2C7H5NO4.Zr/c2*9-6(10)4-2-1-3-5(8-4)7(11)12;/h2*1-3H,(H,9,10)(H,11,12);. The number of carboxylic acids is 4. The van der Waals surface area contributed by atoms with Crippen LogP contribution in [0.5, 0.6) is 0 Å². The molecule has 0 aliphatic carbocycles. The predicted molar refractivity (Wildman–Crippen MR) is 76.3 cm³/mol. The molecule has 0 unspecified atom stereocenters. The smallest absolute Gasteiger partial charge is 0.354 e. The molecule has 2 heterocycles. The molecule has 0 aliphatic rings. The van der Waals surface area contributed by atoms with Gasteiger partial charge in [-0.2, -0.15) is 0 Å². The largest absolute Gasteiger partial charge is 0.477 e. The van der Waals surface area contributed by atoms with Crippen LogP contribution in [0, 0.1) is 0 Å². The van der Waals surface area contributed by atoms with Crippen LogP contribution in [-0.2, 0) is 26.2 Å². The van der Waals surface area contributed by atoms with Crippen molar-refractivity contribution in [3.63, 3.8) is 0 Å². The second-order valence-corrected chi connectivity index (χ2v) is 4.04. The molecule has 2 rings (SSSR count). The number of aromatic nitrogens is 2. The maximum Gasteiger partial charge on any atom is 0.354 e. The first-order valence-electron chi connectivity index (χ1n) is 6.09. The normalized spacial score (nSPS) is 8.96. The van der Waals surface area contributed by atoms with Gasteiger partial charge in [0.25, 0.3) is 0 Å². The fraction of sp³-hybridized carbons (Fsp3) is 0. The van der Waals surface area contributed by atoms with Gasteiger partial charge >= 0.3 is 23.9 Å². The van der Waals surface area contributed by atoms with E-state index in [1.165, 1.54) is 36.4 Å². The Morgan fingerprint density at radius 1 is 0.560 bits per heavy atom. The number of hydrogen-bond donors (Lipinski definition) is 4. The van der Waals surface area contributed by atoms with Gasteiger partial charge < -0.3 is 20.4 Å². The van der Waals surface area contributed by atoms with Crippen molar-refractivity contribution < 1.29 is 65.8 Å². The molecule has 0 amide bonds. The first-order chi connectivity index (χ1) is 11.2. The van der Waals surface area contributed by atoms with E-state index in [1.807, 2.05) is 0 Å². The molecule has 0 radical (unpaired) electrons. The molecule has 25 heavy (non-hydrogen) atoms. The van der Waals surface area contributed by atoms with Gasteiger partial charge in [-0.3, -0.25) is 0 Å². The van der Waals surface area contributed by atoms with Crippen LogP contribution in [0.25, 0.3) is 0 Å². The zero-order valence-electron chi connectivity index (χ0n) is 12.3. The summed E-state index contributed by atoms with van der Waals surface area (Å²) in [4.78, 5) is 48.0. The molecule has 4 N–H and O–H groups in total. The van der Waals surface area contributed by atoms with Crippen LogP contribution in [-0.4, -0.2) is 54.3 Å². The SMILES string of the molecule is O=C(O)c1cccc(C(=O)O)n1.O=C(O)c1cccc(C(=O)O)n1.[Zr]. The van der Waals surface area contributed by atoms with Crippen molar-refractivity contribution >= 4 is 23.9 Å². The fourth-order valence-electron chi connectivity index (χ4n) is 1.35. The molecule has 0 atom stereocenters. The molecule has 0 saturated carbocycles. The van der Waals surface area contributed by atoms with Gasteiger partial charge in [-0.1, -0.05) is 12.1 Å². The monoisotopic (exact) mass is 424 g/mol. The Labute approximate surface area is 158 Å². The van der Waals surface area contributed by atoms with Crippen LogP contribution >= 0.6 is 0 Å². The van der Waals surface area contributed by atoms with Crippen LogP contribution < -0.4 is 0 Å². The van der Waals surface area contributed by atoms with Crippen molar-refractivity contribution in [3.05, 3.63) is 59.2 Å². The predicted octanol–water partition coefficient (Wildman–Crippen LogP) is 0.954. The maximum atomic E-state index is 10.3. The molecule has 2 aromatic rings. The summed E-state index contributed by atoms with van der Waals surface area (Å²) in [5, 5.41) is 33.7. The molecule has 0 aliphatic heterocycles. The molecule has 0 saturated heterocycles. The van der Waals surface area contributed by atoms with Crippen molar-refractivity contribution in [2.24, 2.45) is 0 Å². The number of rotatable bonds is 4. The summed E-state index contributed by atoms with van der Waals surface area (Å²) < 4.78 is 0. The van der Waals surface area contributed by atoms with Gasteiger partial charge in [-0.05, 0) is 24.3 Å². The van der Waals surface area contributed by atoms with Crippen molar-refractivity contribution in [3.8, 4) is 0 Å². The minimum Gasteiger partial charge on any atom is -0.477 e. The molecule has 0 spiro atoms. The van der Waals surface area contributed by atoms with E-state index >= 15 is 0 Å². The zero-order chi connectivity index (χ0) is 18.3. The minimum atomic E-state index is -1.24. The third-order valence-corrected chi connectivity index (χ3v) is 2.37. The molecular weight excluding hydrogens is 415 g/mol. The van der Waals surface area contributed by atoms with E-state index in [9.17, 15) is 19.2 Å². The van der Waals surface area contributed by atoms with Crippen LogP contribution in [0.1, 0.15) is 42.0 Å². The van der Waals surface area contributed by atoms with Gasteiger partial charge in [0, 0.05) is 26.2 Å². The summed E-state index contributed by atoms with van der Waals surface area (Å²) in [6.07, 6.45) is 0. The van der Waals surface area contributed by atoms with Crippen LogP contribution in [0.3, 0.4) is 0 Å². The number of hydrogen-bond acceptors (Lipinski definition) is 6. The number of nitrogens with zero attached hydrogens (tertiary/aromatic N) is 2. The van der Waals surface area contributed by atoms with E-state index in [0.717, 1.165) is 0 Å². The van der Waals surface area contributed by atoms with Gasteiger partial charge in [0.05, 0.1) is 0 Å². The van der Waals surface area contributed by atoms with Gasteiger partial charge in [-0.25, -0.2) is 29.1 Å². The Kier molecular flexibility index (Phi) is 8.86. The zero-order valence-corrected chi connectivity index (χ0v) is 14.7. The Morgan fingerprint density at radius 2 is 0.760 bits per heavy atom. The molecular formula is C14H10N2O8Zr. The van der Waals surface area contributed by atoms with Crippen LogP contribution in [0.4, 0.5) is 0 Å². The fourth-order valence-corrected chi connectivity index (χ4v) is 1.35. The first-order valence-corrected chi connectivity index (χ1v) is 6.09. The topological polar surface area (TPSA) is 175 Å². The van der Waals surface area contributed by atoms with E-state index in [1.54, 1.807) is 0 Å². The summed E-state index contributed by atoms with van der Waals surface area (Å²) in [5.41, 5.74) is -1.07. The van der Waals surface area contributed by atoms with Crippen molar-refractivity contribution in [2.75, 3.05) is 0 Å². The summed E-state index contributed by atoms with van der Waals surface area (Å²) in [6, 6.07) is 7.59. The van der Waals surface area contributed by atoms with E-state index in [0.29, 0.717) is 0 Å². The third kappa shape index (κ3) is 7.00. The molecule has 10 nitrogen and oxygen atoms in total. The number of aromatic carboxylic acids is 4. The number of pyridine rings is 2. The summed E-state index contributed by atoms with van der Waals surface area (Å²) in [7, 11) is 0. The number of carboxylic acid groups (broad SMARTS) is 4. The summed E-state index contributed by atoms with van der Waals surface area (Å²) in [6.45, 7) is 0. The first kappa shape index (κ1) is 22.1.